The van der Waals surface area contributed by atoms with E-state index in [4.69, 9.17) is 27.8 Å². The Morgan fingerprint density at radius 3 is 2.79 bits per heavy atom. The molecule has 150 valence electrons. The van der Waals surface area contributed by atoms with Gasteiger partial charge in [0, 0.05) is 30.4 Å². The summed E-state index contributed by atoms with van der Waals surface area (Å²) >= 11 is 7.79. The maximum absolute atomic E-state index is 6.29. The number of thioether (sulfide) groups is 1. The number of nitrogens with two attached hydrogens (primary N) is 2. The van der Waals surface area contributed by atoms with Crippen LogP contribution in [0.2, 0.25) is 5.02 Å². The van der Waals surface area contributed by atoms with Gasteiger partial charge in [0.25, 0.3) is 0 Å². The van der Waals surface area contributed by atoms with E-state index in [1.807, 2.05) is 24.3 Å². The molecule has 0 atom stereocenters. The molecule has 0 unspecified atom stereocenters. The number of nitrogens with one attached hydrogen (secondary N) is 1. The Bertz CT molecular complexity index is 906. The fourth-order valence-corrected chi connectivity index (χ4v) is 3.37. The Balaban J connectivity index is 1.86. The van der Waals surface area contributed by atoms with Crippen molar-refractivity contribution in [3.8, 4) is 0 Å². The van der Waals surface area contributed by atoms with Crippen LogP contribution in [0.1, 0.15) is 5.56 Å². The van der Waals surface area contributed by atoms with Gasteiger partial charge in [0.15, 0.2) is 22.1 Å². The summed E-state index contributed by atoms with van der Waals surface area (Å²) in [6.07, 6.45) is 0. The molecule has 9 nitrogen and oxygen atoms in total. The third-order valence-electron chi connectivity index (χ3n) is 3.78. The molecule has 0 saturated carbocycles. The highest BCUT2D eigenvalue weighted by atomic mass is 35.5. The summed E-state index contributed by atoms with van der Waals surface area (Å²) in [7, 11) is 0. The summed E-state index contributed by atoms with van der Waals surface area (Å²) in [6.45, 7) is 3.15. The molecule has 0 saturated heterocycles. The lowest BCUT2D eigenvalue weighted by Gasteiger charge is -2.08. The molecule has 0 bridgehead atoms. The fourth-order valence-electron chi connectivity index (χ4n) is 2.49. The quantitative estimate of drug-likeness (QED) is 0.238. The minimum atomic E-state index is 0.466. The molecule has 0 radical (unpaired) electrons. The van der Waals surface area contributed by atoms with Gasteiger partial charge >= 0.3 is 0 Å². The first-order chi connectivity index (χ1) is 13.7. The van der Waals surface area contributed by atoms with Gasteiger partial charge in [0.1, 0.15) is 0 Å². The summed E-state index contributed by atoms with van der Waals surface area (Å²) < 4.78 is 7.13. The number of halogens is 1. The monoisotopic (exact) mass is 422 g/mol. The zero-order valence-electron chi connectivity index (χ0n) is 15.3. The number of rotatable bonds is 11. The second kappa shape index (κ2) is 10.5. The Labute approximate surface area is 172 Å². The van der Waals surface area contributed by atoms with Crippen LogP contribution in [0.3, 0.4) is 0 Å². The average Bonchev–Trinajstić information content (AvgIpc) is 3.10. The molecule has 0 amide bonds. The summed E-state index contributed by atoms with van der Waals surface area (Å²) in [5.41, 5.74) is 13.2. The third-order valence-corrected chi connectivity index (χ3v) is 4.96. The summed E-state index contributed by atoms with van der Waals surface area (Å²) in [5.74, 6) is 1.33. The summed E-state index contributed by atoms with van der Waals surface area (Å²) in [4.78, 5) is 9.20. The van der Waals surface area contributed by atoms with Gasteiger partial charge in [0.05, 0.1) is 19.8 Å². The van der Waals surface area contributed by atoms with E-state index in [-0.39, 0.29) is 0 Å². The van der Waals surface area contributed by atoms with E-state index >= 15 is 0 Å². The van der Waals surface area contributed by atoms with E-state index in [0.717, 1.165) is 5.56 Å². The molecule has 0 fully saturated rings. The lowest BCUT2D eigenvalue weighted by Crippen LogP contribution is -2.15. The molecular formula is C17H23ClN8OS. The van der Waals surface area contributed by atoms with Crippen LogP contribution < -0.4 is 16.8 Å². The predicted molar refractivity (Wildman–Crippen MR) is 112 cm³/mol. The lowest BCUT2D eigenvalue weighted by molar-refractivity contribution is 0.158. The summed E-state index contributed by atoms with van der Waals surface area (Å²) in [5, 5.41) is 13.0. The van der Waals surface area contributed by atoms with Crippen molar-refractivity contribution < 1.29 is 4.74 Å². The van der Waals surface area contributed by atoms with Gasteiger partial charge in [-0.2, -0.15) is 0 Å². The van der Waals surface area contributed by atoms with Gasteiger partial charge in [-0.1, -0.05) is 46.8 Å². The number of ether oxygens (including phenoxy) is 1. The number of hydrogen-bond donors (Lipinski definition) is 3. The molecule has 11 heteroatoms. The Hall–Kier alpha value is -1.98. The van der Waals surface area contributed by atoms with Crippen LogP contribution in [0.25, 0.3) is 11.2 Å². The molecular weight excluding hydrogens is 400 g/mol. The molecule has 0 spiro atoms. The van der Waals surface area contributed by atoms with Crippen molar-refractivity contribution in [3.05, 3.63) is 34.9 Å². The zero-order chi connectivity index (χ0) is 19.8. The minimum Gasteiger partial charge on any atom is -0.379 e. The maximum atomic E-state index is 6.29. The molecule has 0 aliphatic heterocycles. The van der Waals surface area contributed by atoms with Crippen molar-refractivity contribution in [2.75, 3.05) is 43.9 Å². The Morgan fingerprint density at radius 1 is 1.14 bits per heavy atom. The largest absolute Gasteiger partial charge is 0.379 e. The van der Waals surface area contributed by atoms with E-state index < -0.39 is 0 Å². The number of hydrogen-bond acceptors (Lipinski definition) is 9. The number of fused-ring (bicyclic) bond motifs is 1. The van der Waals surface area contributed by atoms with Crippen LogP contribution in [0.4, 0.5) is 5.82 Å². The minimum absolute atomic E-state index is 0.466. The van der Waals surface area contributed by atoms with E-state index in [1.165, 1.54) is 11.8 Å². The molecule has 0 aliphatic rings. The highest BCUT2D eigenvalue weighted by Gasteiger charge is 2.16. The first-order valence-corrected chi connectivity index (χ1v) is 10.3. The van der Waals surface area contributed by atoms with Crippen LogP contribution in [0.5, 0.6) is 0 Å². The molecule has 0 aliphatic carbocycles. The van der Waals surface area contributed by atoms with Gasteiger partial charge < -0.3 is 21.5 Å². The van der Waals surface area contributed by atoms with Gasteiger partial charge in [-0.15, -0.1) is 5.10 Å². The first-order valence-electron chi connectivity index (χ1n) is 8.92. The van der Waals surface area contributed by atoms with Crippen LogP contribution in [-0.4, -0.2) is 63.6 Å². The second-order valence-electron chi connectivity index (χ2n) is 5.83. The van der Waals surface area contributed by atoms with Crippen molar-refractivity contribution in [3.63, 3.8) is 0 Å². The van der Waals surface area contributed by atoms with Crippen molar-refractivity contribution in [1.82, 2.24) is 25.0 Å². The molecule has 28 heavy (non-hydrogen) atoms. The number of anilines is 1. The predicted octanol–water partition coefficient (Wildman–Crippen LogP) is 1.36. The van der Waals surface area contributed by atoms with E-state index in [1.54, 1.807) is 4.68 Å². The van der Waals surface area contributed by atoms with Gasteiger partial charge in [-0.3, -0.25) is 0 Å². The topological polar surface area (TPSA) is 130 Å². The number of aromatic nitrogens is 5. The molecule has 2 heterocycles. The van der Waals surface area contributed by atoms with Gasteiger partial charge in [-0.05, 0) is 11.6 Å². The number of benzene rings is 1. The van der Waals surface area contributed by atoms with Crippen LogP contribution in [-0.2, 0) is 11.3 Å². The number of nitrogens with zero attached hydrogens (tertiary/aromatic N) is 5. The van der Waals surface area contributed by atoms with Crippen molar-refractivity contribution in [2.45, 2.75) is 11.7 Å². The van der Waals surface area contributed by atoms with Gasteiger partial charge in [0.2, 0.25) is 0 Å². The van der Waals surface area contributed by atoms with Crippen molar-refractivity contribution in [1.29, 1.82) is 0 Å². The maximum Gasteiger partial charge on any atom is 0.191 e. The fraction of sp³-hybridized carbons (Fsp3) is 0.412. The Morgan fingerprint density at radius 2 is 2.00 bits per heavy atom. The first kappa shape index (κ1) is 20.7. The molecule has 3 rings (SSSR count). The third kappa shape index (κ3) is 5.30. The smallest absolute Gasteiger partial charge is 0.191 e. The second-order valence-corrected chi connectivity index (χ2v) is 7.30. The Kier molecular flexibility index (Phi) is 7.80. The van der Waals surface area contributed by atoms with E-state index in [2.05, 4.69) is 25.6 Å². The normalized spacial score (nSPS) is 11.2. The highest BCUT2D eigenvalue weighted by molar-refractivity contribution is 7.99. The van der Waals surface area contributed by atoms with E-state index in [9.17, 15) is 0 Å². The van der Waals surface area contributed by atoms with E-state index in [0.29, 0.717) is 72.3 Å². The molecule has 2 aromatic heterocycles. The zero-order valence-corrected chi connectivity index (χ0v) is 16.9. The summed E-state index contributed by atoms with van der Waals surface area (Å²) in [6, 6.07) is 7.63. The van der Waals surface area contributed by atoms with Crippen LogP contribution >= 0.6 is 23.4 Å². The van der Waals surface area contributed by atoms with Crippen molar-refractivity contribution >= 4 is 40.3 Å². The van der Waals surface area contributed by atoms with Crippen molar-refractivity contribution in [2.24, 2.45) is 11.5 Å². The highest BCUT2D eigenvalue weighted by Crippen LogP contribution is 2.24. The standard InChI is InChI=1S/C17H23ClN8OS/c18-13-4-2-1-3-12(13)11-26-16-14(24-25-26)15(21-7-5-19)22-17(23-16)28-10-9-27-8-6-20/h1-4H,5-11,19-20H2,(H,21,22,23). The van der Waals surface area contributed by atoms with Crippen LogP contribution in [0, 0.1) is 0 Å². The average molecular weight is 423 g/mol. The van der Waals surface area contributed by atoms with Gasteiger partial charge in [-0.25, -0.2) is 14.6 Å². The molecule has 5 N–H and O–H groups in total. The SMILES string of the molecule is NCCNc1nc(SCCOCCN)nc2c1nnn2Cc1ccccc1Cl. The molecule has 1 aromatic carbocycles. The lowest BCUT2D eigenvalue weighted by atomic mass is 10.2. The van der Waals surface area contributed by atoms with Crippen LogP contribution in [0.15, 0.2) is 29.4 Å². The molecule has 3 aromatic rings.